The first-order valence-electron chi connectivity index (χ1n) is 9.75. The number of carbonyl (C=O) groups is 2. The van der Waals surface area contributed by atoms with Crippen molar-refractivity contribution in [2.45, 2.75) is 58.6 Å². The number of carbonyl (C=O) groups excluding carboxylic acids is 2. The highest BCUT2D eigenvalue weighted by molar-refractivity contribution is 5.98. The van der Waals surface area contributed by atoms with Crippen molar-refractivity contribution in [1.29, 1.82) is 0 Å². The summed E-state index contributed by atoms with van der Waals surface area (Å²) in [4.78, 5) is 24.7. The molecule has 0 radical (unpaired) electrons. The van der Waals surface area contributed by atoms with Crippen LogP contribution in [0.1, 0.15) is 59.5 Å². The number of rotatable bonds is 7. The molecule has 150 valence electrons. The number of hydrogen-bond acceptors (Lipinski definition) is 5. The standard InChI is InChI=1S/C21H27N3O4/c1-14-18(15(2)28-24-14)13-27-19-11-7-6-10-17(19)21(26)22-12-20(25)23-16-8-4-3-5-9-16/h6-7,10-11,16H,3-5,8-9,12-13H2,1-2H3,(H,22,26)(H,23,25). The Balaban J connectivity index is 1.55. The van der Waals surface area contributed by atoms with Crippen LogP contribution in [0.4, 0.5) is 0 Å². The lowest BCUT2D eigenvalue weighted by atomic mass is 9.95. The van der Waals surface area contributed by atoms with E-state index in [1.807, 2.05) is 13.8 Å². The molecule has 1 saturated carbocycles. The van der Waals surface area contributed by atoms with Crippen molar-refractivity contribution in [3.8, 4) is 5.75 Å². The molecule has 1 aliphatic rings. The van der Waals surface area contributed by atoms with Gasteiger partial charge in [-0.1, -0.05) is 36.6 Å². The van der Waals surface area contributed by atoms with Crippen LogP contribution in [0, 0.1) is 13.8 Å². The third kappa shape index (κ3) is 5.12. The highest BCUT2D eigenvalue weighted by atomic mass is 16.5. The van der Waals surface area contributed by atoms with E-state index in [1.54, 1.807) is 24.3 Å². The third-order valence-corrected chi connectivity index (χ3v) is 5.06. The topological polar surface area (TPSA) is 93.5 Å². The Morgan fingerprint density at radius 3 is 2.64 bits per heavy atom. The van der Waals surface area contributed by atoms with Gasteiger partial charge in [0.1, 0.15) is 18.1 Å². The fraction of sp³-hybridized carbons (Fsp3) is 0.476. The molecule has 1 heterocycles. The van der Waals surface area contributed by atoms with Gasteiger partial charge in [-0.15, -0.1) is 0 Å². The minimum absolute atomic E-state index is 0.0481. The number of nitrogens with zero attached hydrogens (tertiary/aromatic N) is 1. The van der Waals surface area contributed by atoms with E-state index in [-0.39, 0.29) is 31.0 Å². The summed E-state index contributed by atoms with van der Waals surface area (Å²) >= 11 is 0. The average Bonchev–Trinajstić information content (AvgIpc) is 3.03. The van der Waals surface area contributed by atoms with Gasteiger partial charge in [0.15, 0.2) is 0 Å². The summed E-state index contributed by atoms with van der Waals surface area (Å²) in [5.41, 5.74) is 2.01. The molecule has 1 aromatic carbocycles. The maximum absolute atomic E-state index is 12.6. The van der Waals surface area contributed by atoms with Crippen LogP contribution < -0.4 is 15.4 Å². The van der Waals surface area contributed by atoms with Crippen LogP contribution >= 0.6 is 0 Å². The molecule has 1 aromatic heterocycles. The van der Waals surface area contributed by atoms with Crippen molar-refractivity contribution in [2.24, 2.45) is 0 Å². The smallest absolute Gasteiger partial charge is 0.255 e. The maximum Gasteiger partial charge on any atom is 0.255 e. The van der Waals surface area contributed by atoms with Crippen LogP contribution in [-0.2, 0) is 11.4 Å². The number of aromatic nitrogens is 1. The molecule has 0 aliphatic heterocycles. The van der Waals surface area contributed by atoms with Crippen LogP contribution in [0.25, 0.3) is 0 Å². The monoisotopic (exact) mass is 385 g/mol. The molecule has 7 nitrogen and oxygen atoms in total. The number of aryl methyl sites for hydroxylation is 2. The van der Waals surface area contributed by atoms with Gasteiger partial charge < -0.3 is 19.9 Å². The lowest BCUT2D eigenvalue weighted by Gasteiger charge is -2.22. The van der Waals surface area contributed by atoms with E-state index >= 15 is 0 Å². The predicted molar refractivity (Wildman–Crippen MR) is 104 cm³/mol. The Bertz CT molecular complexity index is 805. The minimum atomic E-state index is -0.340. The van der Waals surface area contributed by atoms with E-state index in [0.717, 1.165) is 36.9 Å². The number of ether oxygens (including phenoxy) is 1. The zero-order valence-electron chi connectivity index (χ0n) is 16.4. The fourth-order valence-electron chi connectivity index (χ4n) is 3.42. The SMILES string of the molecule is Cc1noc(C)c1COc1ccccc1C(=O)NCC(=O)NC1CCCCC1. The van der Waals surface area contributed by atoms with E-state index in [1.165, 1.54) is 6.42 Å². The molecule has 2 aromatic rings. The van der Waals surface area contributed by atoms with Gasteiger partial charge in [-0.25, -0.2) is 0 Å². The van der Waals surface area contributed by atoms with Gasteiger partial charge in [-0.3, -0.25) is 9.59 Å². The van der Waals surface area contributed by atoms with Gasteiger partial charge in [-0.05, 0) is 38.8 Å². The lowest BCUT2D eigenvalue weighted by molar-refractivity contribution is -0.121. The second-order valence-corrected chi connectivity index (χ2v) is 7.17. The van der Waals surface area contributed by atoms with Gasteiger partial charge in [0.25, 0.3) is 5.91 Å². The second-order valence-electron chi connectivity index (χ2n) is 7.17. The largest absolute Gasteiger partial charge is 0.488 e. The summed E-state index contributed by atoms with van der Waals surface area (Å²) < 4.78 is 11.0. The summed E-state index contributed by atoms with van der Waals surface area (Å²) in [5.74, 6) is 0.647. The Morgan fingerprint density at radius 1 is 1.18 bits per heavy atom. The molecule has 0 spiro atoms. The van der Waals surface area contributed by atoms with Crippen LogP contribution in [-0.4, -0.2) is 29.6 Å². The highest BCUT2D eigenvalue weighted by Gasteiger charge is 2.18. The molecule has 7 heteroatoms. The molecule has 0 bridgehead atoms. The van der Waals surface area contributed by atoms with Crippen LogP contribution in [0.3, 0.4) is 0 Å². The summed E-state index contributed by atoms with van der Waals surface area (Å²) in [6, 6.07) is 7.20. The van der Waals surface area contributed by atoms with Crippen molar-refractivity contribution in [3.63, 3.8) is 0 Å². The second kappa shape index (κ2) is 9.39. The molecule has 1 fully saturated rings. The van der Waals surface area contributed by atoms with Gasteiger partial charge in [0.05, 0.1) is 23.4 Å². The zero-order valence-corrected chi connectivity index (χ0v) is 16.4. The predicted octanol–water partition coefficient (Wildman–Crippen LogP) is 3.05. The van der Waals surface area contributed by atoms with Crippen molar-refractivity contribution in [2.75, 3.05) is 6.54 Å². The van der Waals surface area contributed by atoms with Gasteiger partial charge in [-0.2, -0.15) is 0 Å². The summed E-state index contributed by atoms with van der Waals surface area (Å²) in [6.07, 6.45) is 5.55. The molecule has 2 amide bonds. The molecule has 28 heavy (non-hydrogen) atoms. The Kier molecular flexibility index (Phi) is 6.68. The molecule has 0 unspecified atom stereocenters. The van der Waals surface area contributed by atoms with E-state index in [4.69, 9.17) is 9.26 Å². The number of benzene rings is 1. The summed E-state index contributed by atoms with van der Waals surface area (Å²) in [6.45, 7) is 3.88. The number of para-hydroxylation sites is 1. The molecular formula is C21H27N3O4. The van der Waals surface area contributed by atoms with Crippen LogP contribution in [0.5, 0.6) is 5.75 Å². The van der Waals surface area contributed by atoms with Gasteiger partial charge in [0.2, 0.25) is 5.91 Å². The van der Waals surface area contributed by atoms with Gasteiger partial charge >= 0.3 is 0 Å². The third-order valence-electron chi connectivity index (χ3n) is 5.06. The van der Waals surface area contributed by atoms with Crippen molar-refractivity contribution < 1.29 is 18.8 Å². The first-order valence-corrected chi connectivity index (χ1v) is 9.75. The maximum atomic E-state index is 12.6. The Hall–Kier alpha value is -2.83. The number of nitrogens with one attached hydrogen (secondary N) is 2. The molecule has 0 saturated heterocycles. The number of amides is 2. The number of hydrogen-bond donors (Lipinski definition) is 2. The Labute approximate surface area is 164 Å². The normalized spacial score (nSPS) is 14.5. The molecule has 2 N–H and O–H groups in total. The first kappa shape index (κ1) is 19.9. The van der Waals surface area contributed by atoms with Crippen molar-refractivity contribution in [1.82, 2.24) is 15.8 Å². The molecule has 3 rings (SSSR count). The highest BCUT2D eigenvalue weighted by Crippen LogP contribution is 2.21. The quantitative estimate of drug-likeness (QED) is 0.764. The minimum Gasteiger partial charge on any atom is -0.488 e. The lowest BCUT2D eigenvalue weighted by Crippen LogP contribution is -2.42. The van der Waals surface area contributed by atoms with Crippen molar-refractivity contribution >= 4 is 11.8 Å². The molecule has 0 atom stereocenters. The van der Waals surface area contributed by atoms with Crippen LogP contribution in [0.2, 0.25) is 0 Å². The molecular weight excluding hydrogens is 358 g/mol. The van der Waals surface area contributed by atoms with Crippen molar-refractivity contribution in [3.05, 3.63) is 46.8 Å². The van der Waals surface area contributed by atoms with E-state index in [9.17, 15) is 9.59 Å². The van der Waals surface area contributed by atoms with E-state index < -0.39 is 0 Å². The van der Waals surface area contributed by atoms with E-state index in [0.29, 0.717) is 17.1 Å². The average molecular weight is 385 g/mol. The van der Waals surface area contributed by atoms with Gasteiger partial charge in [0, 0.05) is 6.04 Å². The van der Waals surface area contributed by atoms with Crippen LogP contribution in [0.15, 0.2) is 28.8 Å². The zero-order chi connectivity index (χ0) is 19.9. The molecule has 1 aliphatic carbocycles. The van der Waals surface area contributed by atoms with E-state index in [2.05, 4.69) is 15.8 Å². The Morgan fingerprint density at radius 2 is 1.93 bits per heavy atom. The fourth-order valence-corrected chi connectivity index (χ4v) is 3.42. The summed E-state index contributed by atoms with van der Waals surface area (Å²) in [5, 5.41) is 9.58. The summed E-state index contributed by atoms with van der Waals surface area (Å²) in [7, 11) is 0. The first-order chi connectivity index (χ1) is 13.5.